The van der Waals surface area contributed by atoms with E-state index in [0.29, 0.717) is 6.42 Å². The predicted octanol–water partition coefficient (Wildman–Crippen LogP) is 4.05. The molecule has 0 aromatic heterocycles. The second-order valence-corrected chi connectivity index (χ2v) is 4.48. The van der Waals surface area contributed by atoms with Crippen LogP contribution in [0, 0.1) is 11.3 Å². The van der Waals surface area contributed by atoms with Gasteiger partial charge < -0.3 is 5.32 Å². The molecule has 2 unspecified atom stereocenters. The van der Waals surface area contributed by atoms with Crippen LogP contribution in [0.15, 0.2) is 24.3 Å². The number of hydrogen-bond acceptors (Lipinski definition) is 2. The summed E-state index contributed by atoms with van der Waals surface area (Å²) in [6.07, 6.45) is -3.11. The van der Waals surface area contributed by atoms with E-state index in [-0.39, 0.29) is 12.1 Å². The van der Waals surface area contributed by atoms with Crippen molar-refractivity contribution in [3.63, 3.8) is 0 Å². The van der Waals surface area contributed by atoms with Crippen molar-refractivity contribution in [2.24, 2.45) is 0 Å². The standard InChI is InChI=1S/C14H17F3N2/c1-3-13(8-9-18)19-10(2)11-4-6-12(7-5-11)14(15,16)17/h4-7,10,13,19H,3,8H2,1-2H3. The number of nitriles is 1. The van der Waals surface area contributed by atoms with E-state index in [2.05, 4.69) is 11.4 Å². The largest absolute Gasteiger partial charge is 0.416 e. The molecule has 0 fully saturated rings. The molecule has 0 heterocycles. The van der Waals surface area contributed by atoms with Gasteiger partial charge in [0.25, 0.3) is 0 Å². The summed E-state index contributed by atoms with van der Waals surface area (Å²) in [5.41, 5.74) is 0.136. The highest BCUT2D eigenvalue weighted by Crippen LogP contribution is 2.29. The van der Waals surface area contributed by atoms with E-state index in [1.165, 1.54) is 12.1 Å². The maximum atomic E-state index is 12.4. The Morgan fingerprint density at radius 2 is 1.84 bits per heavy atom. The Morgan fingerprint density at radius 1 is 1.26 bits per heavy atom. The first-order valence-electron chi connectivity index (χ1n) is 6.18. The van der Waals surface area contributed by atoms with Crippen LogP contribution in [-0.4, -0.2) is 6.04 Å². The fourth-order valence-electron chi connectivity index (χ4n) is 1.84. The fraction of sp³-hybridized carbons (Fsp3) is 0.500. The SMILES string of the molecule is CCC(CC#N)NC(C)c1ccc(C(F)(F)F)cc1. The first-order chi connectivity index (χ1) is 8.88. The van der Waals surface area contributed by atoms with Crippen LogP contribution >= 0.6 is 0 Å². The lowest BCUT2D eigenvalue weighted by molar-refractivity contribution is -0.137. The molecule has 1 aromatic carbocycles. The van der Waals surface area contributed by atoms with Crippen molar-refractivity contribution in [1.82, 2.24) is 5.32 Å². The third kappa shape index (κ3) is 4.56. The molecule has 0 aliphatic heterocycles. The zero-order valence-corrected chi connectivity index (χ0v) is 11.0. The summed E-state index contributed by atoms with van der Waals surface area (Å²) >= 11 is 0. The van der Waals surface area contributed by atoms with Gasteiger partial charge in [-0.25, -0.2) is 0 Å². The van der Waals surface area contributed by atoms with E-state index in [0.717, 1.165) is 24.1 Å². The van der Waals surface area contributed by atoms with Gasteiger partial charge in [-0.05, 0) is 31.0 Å². The first kappa shape index (κ1) is 15.5. The normalized spacial score (nSPS) is 14.7. The molecule has 0 radical (unpaired) electrons. The van der Waals surface area contributed by atoms with Crippen molar-refractivity contribution >= 4 is 0 Å². The van der Waals surface area contributed by atoms with Gasteiger partial charge in [-0.2, -0.15) is 18.4 Å². The second kappa shape index (κ2) is 6.58. The van der Waals surface area contributed by atoms with E-state index in [4.69, 9.17) is 5.26 Å². The Labute approximate surface area is 111 Å². The molecule has 104 valence electrons. The van der Waals surface area contributed by atoms with Crippen molar-refractivity contribution in [3.8, 4) is 6.07 Å². The van der Waals surface area contributed by atoms with E-state index in [1.807, 2.05) is 13.8 Å². The van der Waals surface area contributed by atoms with Crippen LogP contribution in [0.3, 0.4) is 0 Å². The zero-order valence-electron chi connectivity index (χ0n) is 11.0. The van der Waals surface area contributed by atoms with Crippen LogP contribution in [0.5, 0.6) is 0 Å². The Balaban J connectivity index is 2.73. The maximum absolute atomic E-state index is 12.4. The highest BCUT2D eigenvalue weighted by atomic mass is 19.4. The van der Waals surface area contributed by atoms with Crippen molar-refractivity contribution < 1.29 is 13.2 Å². The number of alkyl halides is 3. The number of halogens is 3. The number of rotatable bonds is 5. The molecule has 0 aliphatic rings. The second-order valence-electron chi connectivity index (χ2n) is 4.48. The molecule has 0 saturated carbocycles. The molecule has 0 amide bonds. The fourth-order valence-corrected chi connectivity index (χ4v) is 1.84. The minimum Gasteiger partial charge on any atom is -0.306 e. The van der Waals surface area contributed by atoms with E-state index in [9.17, 15) is 13.2 Å². The zero-order chi connectivity index (χ0) is 14.5. The van der Waals surface area contributed by atoms with E-state index in [1.54, 1.807) is 0 Å². The number of nitrogens with zero attached hydrogens (tertiary/aromatic N) is 1. The van der Waals surface area contributed by atoms with Crippen LogP contribution in [0.4, 0.5) is 13.2 Å². The third-order valence-corrected chi connectivity index (χ3v) is 3.05. The Hall–Kier alpha value is -1.54. The number of hydrogen-bond donors (Lipinski definition) is 1. The molecule has 0 saturated heterocycles. The van der Waals surface area contributed by atoms with Gasteiger partial charge in [0, 0.05) is 12.1 Å². The van der Waals surface area contributed by atoms with Crippen LogP contribution in [-0.2, 0) is 6.18 Å². The molecule has 5 heteroatoms. The van der Waals surface area contributed by atoms with Gasteiger partial charge in [-0.3, -0.25) is 0 Å². The average Bonchev–Trinajstić information content (AvgIpc) is 2.37. The van der Waals surface area contributed by atoms with Gasteiger partial charge in [0.05, 0.1) is 18.1 Å². The summed E-state index contributed by atoms with van der Waals surface area (Å²) in [5, 5.41) is 11.9. The molecule has 0 spiro atoms. The van der Waals surface area contributed by atoms with Crippen LogP contribution < -0.4 is 5.32 Å². The topological polar surface area (TPSA) is 35.8 Å². The molecular formula is C14H17F3N2. The lowest BCUT2D eigenvalue weighted by Gasteiger charge is -2.21. The summed E-state index contributed by atoms with van der Waals surface area (Å²) in [4.78, 5) is 0. The van der Waals surface area contributed by atoms with Gasteiger partial charge in [-0.15, -0.1) is 0 Å². The van der Waals surface area contributed by atoms with Crippen molar-refractivity contribution in [3.05, 3.63) is 35.4 Å². The monoisotopic (exact) mass is 270 g/mol. The molecule has 2 nitrogen and oxygen atoms in total. The lowest BCUT2D eigenvalue weighted by atomic mass is 10.0. The van der Waals surface area contributed by atoms with Crippen molar-refractivity contribution in [1.29, 1.82) is 5.26 Å². The minimum absolute atomic E-state index is 0.0577. The van der Waals surface area contributed by atoms with Crippen molar-refractivity contribution in [2.45, 2.75) is 44.9 Å². The van der Waals surface area contributed by atoms with Crippen molar-refractivity contribution in [2.75, 3.05) is 0 Å². The summed E-state index contributed by atoms with van der Waals surface area (Å²) in [6.45, 7) is 3.84. The quantitative estimate of drug-likeness (QED) is 0.876. The number of benzene rings is 1. The lowest BCUT2D eigenvalue weighted by Crippen LogP contribution is -2.30. The van der Waals surface area contributed by atoms with Gasteiger partial charge in [-0.1, -0.05) is 19.1 Å². The summed E-state index contributed by atoms with van der Waals surface area (Å²) in [7, 11) is 0. The Kier molecular flexibility index (Phi) is 5.37. The highest BCUT2D eigenvalue weighted by molar-refractivity contribution is 5.26. The summed E-state index contributed by atoms with van der Waals surface area (Å²) in [5.74, 6) is 0. The third-order valence-electron chi connectivity index (χ3n) is 3.05. The molecule has 0 aliphatic carbocycles. The highest BCUT2D eigenvalue weighted by Gasteiger charge is 2.30. The van der Waals surface area contributed by atoms with Crippen LogP contribution in [0.1, 0.15) is 43.9 Å². The Morgan fingerprint density at radius 3 is 2.26 bits per heavy atom. The molecule has 1 N–H and O–H groups in total. The minimum atomic E-state index is -4.30. The van der Waals surface area contributed by atoms with E-state index < -0.39 is 11.7 Å². The molecule has 2 atom stereocenters. The van der Waals surface area contributed by atoms with Gasteiger partial charge in [0.1, 0.15) is 0 Å². The molecular weight excluding hydrogens is 253 g/mol. The Bertz CT molecular complexity index is 431. The van der Waals surface area contributed by atoms with Gasteiger partial charge in [0.2, 0.25) is 0 Å². The van der Waals surface area contributed by atoms with E-state index >= 15 is 0 Å². The predicted molar refractivity (Wildman–Crippen MR) is 67.3 cm³/mol. The molecule has 0 bridgehead atoms. The summed E-state index contributed by atoms with van der Waals surface area (Å²) < 4.78 is 37.3. The first-order valence-corrected chi connectivity index (χ1v) is 6.18. The molecule has 1 rings (SSSR count). The molecule has 19 heavy (non-hydrogen) atoms. The summed E-state index contributed by atoms with van der Waals surface area (Å²) in [6, 6.07) is 7.18. The van der Waals surface area contributed by atoms with Gasteiger partial charge >= 0.3 is 6.18 Å². The number of nitrogens with one attached hydrogen (secondary N) is 1. The molecule has 1 aromatic rings. The smallest absolute Gasteiger partial charge is 0.306 e. The van der Waals surface area contributed by atoms with Crippen LogP contribution in [0.25, 0.3) is 0 Å². The van der Waals surface area contributed by atoms with Gasteiger partial charge in [0.15, 0.2) is 0 Å². The average molecular weight is 270 g/mol. The maximum Gasteiger partial charge on any atom is 0.416 e. The van der Waals surface area contributed by atoms with Crippen LogP contribution in [0.2, 0.25) is 0 Å².